The Morgan fingerprint density at radius 3 is 2.67 bits per heavy atom. The number of carbonyl (C=O) groups is 1. The molecule has 0 aromatic heterocycles. The minimum absolute atomic E-state index is 0.0448. The Morgan fingerprint density at radius 1 is 1.53 bits per heavy atom. The second-order valence-corrected chi connectivity index (χ2v) is 2.92. The molecule has 0 amide bonds. The van der Waals surface area contributed by atoms with Crippen LogP contribution >= 0.6 is 0 Å². The maximum Gasteiger partial charge on any atom is 0.324 e. The first kappa shape index (κ1) is 13.7. The summed E-state index contributed by atoms with van der Waals surface area (Å²) < 4.78 is 4.81. The molecule has 1 atom stereocenters. The number of carbonyl (C=O) groups excluding carboxylic acids is 1. The Hall–Kier alpha value is -1.34. The van der Waals surface area contributed by atoms with E-state index in [0.29, 0.717) is 26.0 Å². The van der Waals surface area contributed by atoms with Gasteiger partial charge in [-0.2, -0.15) is 0 Å². The average Bonchev–Trinajstić information content (AvgIpc) is 2.17. The molecule has 0 aromatic carbocycles. The fraction of sp³-hybridized carbons (Fsp3) is 0.750. The molecule has 7 nitrogen and oxygen atoms in total. The Labute approximate surface area is 89.0 Å². The number of rotatable bonds is 7. The van der Waals surface area contributed by atoms with Gasteiger partial charge in [-0.25, -0.2) is 5.43 Å². The van der Waals surface area contributed by atoms with E-state index in [1.54, 1.807) is 6.92 Å². The third-order valence-electron chi connectivity index (χ3n) is 1.72. The van der Waals surface area contributed by atoms with Gasteiger partial charge in [-0.05, 0) is 19.8 Å². The molecule has 0 radical (unpaired) electrons. The minimum atomic E-state index is -0.501. The summed E-state index contributed by atoms with van der Waals surface area (Å²) in [7, 11) is 0. The van der Waals surface area contributed by atoms with E-state index < -0.39 is 6.04 Å². The van der Waals surface area contributed by atoms with E-state index in [9.17, 15) is 4.79 Å². The molecule has 0 saturated carbocycles. The molecule has 0 aliphatic heterocycles. The monoisotopic (exact) mass is 217 g/mol. The number of hydrazine groups is 1. The fourth-order valence-corrected chi connectivity index (χ4v) is 1.02. The second kappa shape index (κ2) is 8.01. The van der Waals surface area contributed by atoms with Gasteiger partial charge in [0.1, 0.15) is 6.04 Å². The SMILES string of the molecule is CCOC(=O)[C@H](CCCN=C(N)N)NN. The van der Waals surface area contributed by atoms with Crippen LogP contribution in [-0.2, 0) is 9.53 Å². The van der Waals surface area contributed by atoms with Gasteiger partial charge in [0.2, 0.25) is 0 Å². The molecule has 0 fully saturated rings. The van der Waals surface area contributed by atoms with Crippen LogP contribution in [0.3, 0.4) is 0 Å². The lowest BCUT2D eigenvalue weighted by Gasteiger charge is -2.13. The zero-order chi connectivity index (χ0) is 11.7. The van der Waals surface area contributed by atoms with Crippen molar-refractivity contribution in [3.63, 3.8) is 0 Å². The Balaban J connectivity index is 3.80. The summed E-state index contributed by atoms with van der Waals surface area (Å²) in [6, 6.07) is -0.501. The summed E-state index contributed by atoms with van der Waals surface area (Å²) in [4.78, 5) is 15.0. The van der Waals surface area contributed by atoms with Gasteiger partial charge in [0, 0.05) is 6.54 Å². The lowest BCUT2D eigenvalue weighted by Crippen LogP contribution is -2.42. The molecule has 0 saturated heterocycles. The van der Waals surface area contributed by atoms with Gasteiger partial charge >= 0.3 is 5.97 Å². The van der Waals surface area contributed by atoms with Crippen LogP contribution in [0.1, 0.15) is 19.8 Å². The van der Waals surface area contributed by atoms with Crippen molar-refractivity contribution in [2.24, 2.45) is 22.3 Å². The summed E-state index contributed by atoms with van der Waals surface area (Å²) in [5, 5.41) is 0. The second-order valence-electron chi connectivity index (χ2n) is 2.92. The van der Waals surface area contributed by atoms with Gasteiger partial charge in [0.25, 0.3) is 0 Å². The van der Waals surface area contributed by atoms with Gasteiger partial charge in [-0.15, -0.1) is 0 Å². The third-order valence-corrected chi connectivity index (χ3v) is 1.72. The number of guanidine groups is 1. The number of nitrogens with one attached hydrogen (secondary N) is 1. The quantitative estimate of drug-likeness (QED) is 0.102. The number of esters is 1. The summed E-state index contributed by atoms with van der Waals surface area (Å²) in [5.41, 5.74) is 12.7. The highest BCUT2D eigenvalue weighted by Gasteiger charge is 2.16. The Morgan fingerprint density at radius 2 is 2.20 bits per heavy atom. The number of aliphatic imine (C=N–C) groups is 1. The summed E-state index contributed by atoms with van der Waals surface area (Å²) in [5.74, 6) is 4.90. The zero-order valence-electron chi connectivity index (χ0n) is 8.90. The van der Waals surface area contributed by atoms with Crippen molar-refractivity contribution in [1.29, 1.82) is 0 Å². The van der Waals surface area contributed by atoms with E-state index in [-0.39, 0.29) is 11.9 Å². The van der Waals surface area contributed by atoms with Crippen molar-refractivity contribution in [2.75, 3.05) is 13.2 Å². The van der Waals surface area contributed by atoms with Crippen LogP contribution < -0.4 is 22.7 Å². The van der Waals surface area contributed by atoms with E-state index in [4.69, 9.17) is 22.0 Å². The molecule has 0 unspecified atom stereocenters. The van der Waals surface area contributed by atoms with Crippen LogP contribution in [0.4, 0.5) is 0 Å². The third kappa shape index (κ3) is 6.69. The van der Waals surface area contributed by atoms with Crippen LogP contribution in [0, 0.1) is 0 Å². The lowest BCUT2D eigenvalue weighted by atomic mass is 10.1. The highest BCUT2D eigenvalue weighted by Crippen LogP contribution is 1.99. The molecule has 15 heavy (non-hydrogen) atoms. The topological polar surface area (TPSA) is 129 Å². The highest BCUT2D eigenvalue weighted by atomic mass is 16.5. The van der Waals surface area contributed by atoms with Gasteiger partial charge in [-0.3, -0.25) is 15.6 Å². The molecular weight excluding hydrogens is 198 g/mol. The van der Waals surface area contributed by atoms with Gasteiger partial charge in [0.05, 0.1) is 6.61 Å². The van der Waals surface area contributed by atoms with Crippen molar-refractivity contribution in [3.8, 4) is 0 Å². The molecule has 7 heteroatoms. The number of nitrogens with zero attached hydrogens (tertiary/aromatic N) is 1. The van der Waals surface area contributed by atoms with Gasteiger partial charge < -0.3 is 16.2 Å². The smallest absolute Gasteiger partial charge is 0.324 e. The highest BCUT2D eigenvalue weighted by molar-refractivity contribution is 5.76. The predicted molar refractivity (Wildman–Crippen MR) is 57.7 cm³/mol. The maximum absolute atomic E-state index is 11.3. The number of ether oxygens (including phenoxy) is 1. The van der Waals surface area contributed by atoms with Crippen molar-refractivity contribution in [3.05, 3.63) is 0 Å². The molecule has 0 spiro atoms. The minimum Gasteiger partial charge on any atom is -0.465 e. The average molecular weight is 217 g/mol. The van der Waals surface area contributed by atoms with Crippen LogP contribution in [0.25, 0.3) is 0 Å². The number of hydrogen-bond donors (Lipinski definition) is 4. The molecule has 0 aromatic rings. The van der Waals surface area contributed by atoms with E-state index in [0.717, 1.165) is 0 Å². The van der Waals surface area contributed by atoms with Crippen molar-refractivity contribution < 1.29 is 9.53 Å². The van der Waals surface area contributed by atoms with Crippen molar-refractivity contribution in [2.45, 2.75) is 25.8 Å². The molecular formula is C8H19N5O2. The normalized spacial score (nSPS) is 11.9. The van der Waals surface area contributed by atoms with E-state index in [2.05, 4.69) is 10.4 Å². The van der Waals surface area contributed by atoms with Gasteiger partial charge in [-0.1, -0.05) is 0 Å². The van der Waals surface area contributed by atoms with Crippen LogP contribution in [0.5, 0.6) is 0 Å². The van der Waals surface area contributed by atoms with E-state index >= 15 is 0 Å². The van der Waals surface area contributed by atoms with Crippen molar-refractivity contribution in [1.82, 2.24) is 5.43 Å². The molecule has 0 rings (SSSR count). The standard InChI is InChI=1S/C8H19N5O2/c1-2-15-7(14)6(13-11)4-3-5-12-8(9)10/h6,13H,2-5,11H2,1H3,(H4,9,10,12)/t6-/m0/s1. The molecule has 7 N–H and O–H groups in total. The summed E-state index contributed by atoms with van der Waals surface area (Å²) in [6.07, 6.45) is 1.19. The Bertz CT molecular complexity index is 215. The first-order chi connectivity index (χ1) is 7.11. The van der Waals surface area contributed by atoms with Crippen LogP contribution in [0.2, 0.25) is 0 Å². The van der Waals surface area contributed by atoms with Crippen molar-refractivity contribution >= 4 is 11.9 Å². The summed E-state index contributed by atoms with van der Waals surface area (Å²) >= 11 is 0. The molecule has 0 aliphatic rings. The zero-order valence-corrected chi connectivity index (χ0v) is 8.90. The first-order valence-corrected chi connectivity index (χ1v) is 4.80. The van der Waals surface area contributed by atoms with E-state index in [1.807, 2.05) is 0 Å². The fourth-order valence-electron chi connectivity index (χ4n) is 1.02. The first-order valence-electron chi connectivity index (χ1n) is 4.80. The Kier molecular flexibility index (Phi) is 7.29. The number of hydrogen-bond acceptors (Lipinski definition) is 5. The van der Waals surface area contributed by atoms with E-state index in [1.165, 1.54) is 0 Å². The largest absolute Gasteiger partial charge is 0.465 e. The van der Waals surface area contributed by atoms with Crippen LogP contribution in [0.15, 0.2) is 4.99 Å². The van der Waals surface area contributed by atoms with Crippen LogP contribution in [-0.4, -0.2) is 31.1 Å². The molecule has 0 aliphatic carbocycles. The molecule has 0 heterocycles. The predicted octanol–water partition coefficient (Wildman–Crippen LogP) is -1.56. The molecule has 88 valence electrons. The maximum atomic E-state index is 11.3. The lowest BCUT2D eigenvalue weighted by molar-refractivity contribution is -0.145. The van der Waals surface area contributed by atoms with Gasteiger partial charge in [0.15, 0.2) is 5.96 Å². The summed E-state index contributed by atoms with van der Waals surface area (Å²) in [6.45, 7) is 2.55. The number of nitrogens with two attached hydrogens (primary N) is 3. The molecule has 0 bridgehead atoms.